The van der Waals surface area contributed by atoms with Crippen LogP contribution in [-0.2, 0) is 6.42 Å². The van der Waals surface area contributed by atoms with Gasteiger partial charge in [-0.3, -0.25) is 4.79 Å². The van der Waals surface area contributed by atoms with Gasteiger partial charge in [0.15, 0.2) is 5.78 Å². The second kappa shape index (κ2) is 6.10. The van der Waals surface area contributed by atoms with E-state index in [1.54, 1.807) is 0 Å². The average molecular weight is 281 g/mol. The van der Waals surface area contributed by atoms with E-state index in [0.29, 0.717) is 18.7 Å². The number of benzene rings is 2. The van der Waals surface area contributed by atoms with E-state index in [9.17, 15) is 4.79 Å². The summed E-state index contributed by atoms with van der Waals surface area (Å²) in [5, 5.41) is 0. The molecular formula is C18H19NO2. The quantitative estimate of drug-likeness (QED) is 0.877. The highest BCUT2D eigenvalue weighted by Crippen LogP contribution is 2.32. The van der Waals surface area contributed by atoms with Crippen molar-refractivity contribution in [1.82, 2.24) is 0 Å². The van der Waals surface area contributed by atoms with E-state index in [4.69, 9.17) is 10.5 Å². The van der Waals surface area contributed by atoms with Gasteiger partial charge in [-0.05, 0) is 30.0 Å². The van der Waals surface area contributed by atoms with Crippen molar-refractivity contribution in [3.05, 3.63) is 65.2 Å². The zero-order valence-corrected chi connectivity index (χ0v) is 11.9. The number of carbonyl (C=O) groups excluding carboxylic acids is 1. The molecule has 2 aromatic carbocycles. The largest absolute Gasteiger partial charge is 0.493 e. The van der Waals surface area contributed by atoms with Gasteiger partial charge >= 0.3 is 0 Å². The number of ether oxygens (including phenoxy) is 1. The van der Waals surface area contributed by atoms with E-state index in [1.807, 2.05) is 48.5 Å². The summed E-state index contributed by atoms with van der Waals surface area (Å²) in [6.07, 6.45) is 1.97. The molecule has 0 saturated carbocycles. The zero-order chi connectivity index (χ0) is 14.7. The van der Waals surface area contributed by atoms with Crippen LogP contribution in [0.2, 0.25) is 0 Å². The first-order valence-corrected chi connectivity index (χ1v) is 7.35. The fourth-order valence-corrected chi connectivity index (χ4v) is 2.85. The van der Waals surface area contributed by atoms with E-state index in [-0.39, 0.29) is 11.7 Å². The highest BCUT2D eigenvalue weighted by molar-refractivity contribution is 6.03. The van der Waals surface area contributed by atoms with Crippen molar-refractivity contribution in [2.45, 2.75) is 18.8 Å². The summed E-state index contributed by atoms with van der Waals surface area (Å²) >= 11 is 0. The molecular weight excluding hydrogens is 262 g/mol. The lowest BCUT2D eigenvalue weighted by Gasteiger charge is -2.22. The number of Topliss-reactive ketones (excluding diaryl/α,β-unsaturated/α-hetero) is 1. The Hall–Kier alpha value is -2.13. The van der Waals surface area contributed by atoms with Gasteiger partial charge in [0, 0.05) is 6.54 Å². The van der Waals surface area contributed by atoms with Gasteiger partial charge < -0.3 is 10.5 Å². The second-order valence-electron chi connectivity index (χ2n) is 5.31. The summed E-state index contributed by atoms with van der Waals surface area (Å²) in [5.41, 5.74) is 8.59. The van der Waals surface area contributed by atoms with Crippen LogP contribution in [0.1, 0.15) is 33.8 Å². The van der Waals surface area contributed by atoms with Crippen LogP contribution < -0.4 is 10.5 Å². The molecule has 1 unspecified atom stereocenters. The van der Waals surface area contributed by atoms with Crippen molar-refractivity contribution < 1.29 is 9.53 Å². The predicted molar refractivity (Wildman–Crippen MR) is 82.8 cm³/mol. The van der Waals surface area contributed by atoms with E-state index >= 15 is 0 Å². The first kappa shape index (κ1) is 13.8. The number of hydrogen-bond donors (Lipinski definition) is 1. The summed E-state index contributed by atoms with van der Waals surface area (Å²) in [5.74, 6) is 0.480. The maximum Gasteiger partial charge on any atom is 0.175 e. The van der Waals surface area contributed by atoms with Crippen LogP contribution in [0.4, 0.5) is 0 Å². The molecule has 1 heterocycles. The molecule has 1 aliphatic heterocycles. The van der Waals surface area contributed by atoms with Crippen molar-refractivity contribution in [2.75, 3.05) is 13.2 Å². The third kappa shape index (κ3) is 2.69. The molecule has 0 amide bonds. The number of aryl methyl sites for hydroxylation is 1. The molecule has 1 aliphatic rings. The van der Waals surface area contributed by atoms with E-state index < -0.39 is 0 Å². The molecule has 0 fully saturated rings. The normalized spacial score (nSPS) is 14.9. The third-order valence-electron chi connectivity index (χ3n) is 3.95. The number of hydrogen-bond acceptors (Lipinski definition) is 3. The third-order valence-corrected chi connectivity index (χ3v) is 3.95. The monoisotopic (exact) mass is 281 g/mol. The highest BCUT2D eigenvalue weighted by atomic mass is 16.5. The van der Waals surface area contributed by atoms with Crippen LogP contribution in [0.5, 0.6) is 5.75 Å². The minimum atomic E-state index is -0.316. The van der Waals surface area contributed by atoms with Crippen molar-refractivity contribution in [3.63, 3.8) is 0 Å². The Morgan fingerprint density at radius 3 is 2.71 bits per heavy atom. The maximum atomic E-state index is 12.9. The smallest absolute Gasteiger partial charge is 0.175 e. The first-order chi connectivity index (χ1) is 10.3. The molecule has 3 rings (SSSR count). The summed E-state index contributed by atoms with van der Waals surface area (Å²) in [6.45, 7) is 0.975. The molecule has 21 heavy (non-hydrogen) atoms. The van der Waals surface area contributed by atoms with E-state index in [2.05, 4.69) is 0 Å². The van der Waals surface area contributed by atoms with Gasteiger partial charge in [0.2, 0.25) is 0 Å². The molecule has 108 valence electrons. The van der Waals surface area contributed by atoms with Gasteiger partial charge in [0.1, 0.15) is 5.75 Å². The Bertz CT molecular complexity index is 637. The summed E-state index contributed by atoms with van der Waals surface area (Å²) in [6, 6.07) is 15.5. The van der Waals surface area contributed by atoms with Crippen LogP contribution in [0, 0.1) is 0 Å². The topological polar surface area (TPSA) is 52.3 Å². The van der Waals surface area contributed by atoms with Gasteiger partial charge in [-0.1, -0.05) is 42.5 Å². The lowest BCUT2D eigenvalue weighted by Crippen LogP contribution is -2.23. The number of nitrogens with two attached hydrogens (primary N) is 1. The van der Waals surface area contributed by atoms with Crippen molar-refractivity contribution in [3.8, 4) is 5.75 Å². The highest BCUT2D eigenvalue weighted by Gasteiger charge is 2.25. The summed E-state index contributed by atoms with van der Waals surface area (Å²) in [4.78, 5) is 12.9. The zero-order valence-electron chi connectivity index (χ0n) is 11.9. The molecule has 0 spiro atoms. The first-order valence-electron chi connectivity index (χ1n) is 7.35. The molecule has 0 radical (unpaired) electrons. The molecule has 3 nitrogen and oxygen atoms in total. The van der Waals surface area contributed by atoms with Gasteiger partial charge in [-0.25, -0.2) is 0 Å². The number of rotatable bonds is 4. The van der Waals surface area contributed by atoms with Crippen LogP contribution in [0.15, 0.2) is 48.5 Å². The number of carbonyl (C=O) groups is 1. The van der Waals surface area contributed by atoms with Crippen molar-refractivity contribution in [2.24, 2.45) is 5.73 Å². The van der Waals surface area contributed by atoms with Crippen LogP contribution in [0.25, 0.3) is 0 Å². The van der Waals surface area contributed by atoms with Crippen LogP contribution in [-0.4, -0.2) is 18.9 Å². The van der Waals surface area contributed by atoms with Crippen LogP contribution >= 0.6 is 0 Å². The van der Waals surface area contributed by atoms with Gasteiger partial charge in [0.05, 0.1) is 18.1 Å². The Balaban J connectivity index is 1.98. The van der Waals surface area contributed by atoms with E-state index in [0.717, 1.165) is 29.7 Å². The average Bonchev–Trinajstić information content (AvgIpc) is 2.56. The fraction of sp³-hybridized carbons (Fsp3) is 0.278. The molecule has 2 N–H and O–H groups in total. The molecule has 0 bridgehead atoms. The molecule has 0 aromatic heterocycles. The standard InChI is InChI=1S/C18H19NO2/c19-12-16(13-6-2-1-3-7-13)17(20)15-10-4-8-14-9-5-11-21-18(14)15/h1-4,6-8,10,16H,5,9,11-12,19H2. The Morgan fingerprint density at radius 1 is 1.14 bits per heavy atom. The predicted octanol–water partition coefficient (Wildman–Crippen LogP) is 2.94. The maximum absolute atomic E-state index is 12.9. The summed E-state index contributed by atoms with van der Waals surface area (Å²) < 4.78 is 5.74. The molecule has 3 heteroatoms. The minimum absolute atomic E-state index is 0.0439. The number of fused-ring (bicyclic) bond motifs is 1. The van der Waals surface area contributed by atoms with E-state index in [1.165, 1.54) is 0 Å². The second-order valence-corrected chi connectivity index (χ2v) is 5.31. The van der Waals surface area contributed by atoms with Crippen LogP contribution in [0.3, 0.4) is 0 Å². The lowest BCUT2D eigenvalue weighted by atomic mass is 9.89. The Labute approximate surface area is 124 Å². The Morgan fingerprint density at radius 2 is 1.95 bits per heavy atom. The molecule has 1 atom stereocenters. The van der Waals surface area contributed by atoms with Gasteiger partial charge in [-0.2, -0.15) is 0 Å². The lowest BCUT2D eigenvalue weighted by molar-refractivity contribution is 0.0957. The number of ketones is 1. The Kier molecular flexibility index (Phi) is 4.02. The summed E-state index contributed by atoms with van der Waals surface area (Å²) in [7, 11) is 0. The molecule has 0 aliphatic carbocycles. The fourth-order valence-electron chi connectivity index (χ4n) is 2.85. The van der Waals surface area contributed by atoms with Gasteiger partial charge in [-0.15, -0.1) is 0 Å². The number of para-hydroxylation sites is 1. The van der Waals surface area contributed by atoms with Gasteiger partial charge in [0.25, 0.3) is 0 Å². The van der Waals surface area contributed by atoms with Crippen molar-refractivity contribution in [1.29, 1.82) is 0 Å². The molecule has 0 saturated heterocycles. The minimum Gasteiger partial charge on any atom is -0.493 e. The SMILES string of the molecule is NCC(C(=O)c1cccc2c1OCCC2)c1ccccc1. The molecule has 2 aromatic rings. The van der Waals surface area contributed by atoms with Crippen molar-refractivity contribution >= 4 is 5.78 Å².